The van der Waals surface area contributed by atoms with Gasteiger partial charge >= 0.3 is 0 Å². The molecule has 1 aliphatic heterocycles. The van der Waals surface area contributed by atoms with E-state index in [1.165, 1.54) is 11.3 Å². The third-order valence-corrected chi connectivity index (χ3v) is 5.29. The number of fused-ring (bicyclic) bond motifs is 1. The lowest BCUT2D eigenvalue weighted by molar-refractivity contribution is 0.0861. The van der Waals surface area contributed by atoms with Crippen molar-refractivity contribution >= 4 is 50.5 Å². The summed E-state index contributed by atoms with van der Waals surface area (Å²) in [5.74, 6) is -0.164. The number of rotatable bonds is 3. The molecule has 1 fully saturated rings. The lowest BCUT2D eigenvalue weighted by Gasteiger charge is -2.10. The number of benzene rings is 1. The number of carbonyl (C=O) groups excluding carboxylic acids is 1. The van der Waals surface area contributed by atoms with Crippen molar-refractivity contribution in [3.05, 3.63) is 33.1 Å². The summed E-state index contributed by atoms with van der Waals surface area (Å²) in [6.45, 7) is 1.30. The molecule has 3 rings (SSSR count). The summed E-state index contributed by atoms with van der Waals surface area (Å²) in [6.07, 6.45) is 2.17. The van der Waals surface area contributed by atoms with Crippen LogP contribution in [-0.2, 0) is 4.74 Å². The van der Waals surface area contributed by atoms with Gasteiger partial charge in [-0.05, 0) is 25.0 Å². The first-order valence-electron chi connectivity index (χ1n) is 6.43. The zero-order valence-electron chi connectivity index (χ0n) is 10.6. The smallest absolute Gasteiger partial charge is 0.263 e. The van der Waals surface area contributed by atoms with E-state index in [0.717, 1.165) is 29.5 Å². The van der Waals surface area contributed by atoms with Crippen LogP contribution in [0, 0.1) is 0 Å². The molecule has 20 heavy (non-hydrogen) atoms. The van der Waals surface area contributed by atoms with Crippen molar-refractivity contribution in [2.75, 3.05) is 13.2 Å². The first-order chi connectivity index (χ1) is 9.66. The molecule has 0 saturated carbocycles. The summed E-state index contributed by atoms with van der Waals surface area (Å²) in [7, 11) is 0. The van der Waals surface area contributed by atoms with Gasteiger partial charge in [0.2, 0.25) is 0 Å². The zero-order valence-corrected chi connectivity index (χ0v) is 12.9. The van der Waals surface area contributed by atoms with Gasteiger partial charge < -0.3 is 10.1 Å². The third-order valence-electron chi connectivity index (χ3n) is 3.33. The van der Waals surface area contributed by atoms with Crippen LogP contribution in [0.5, 0.6) is 0 Å². The Balaban J connectivity index is 1.80. The highest BCUT2D eigenvalue weighted by molar-refractivity contribution is 7.21. The van der Waals surface area contributed by atoms with Gasteiger partial charge in [-0.3, -0.25) is 4.79 Å². The first-order valence-corrected chi connectivity index (χ1v) is 8.00. The maximum atomic E-state index is 12.2. The summed E-state index contributed by atoms with van der Waals surface area (Å²) in [6, 6.07) is 5.54. The van der Waals surface area contributed by atoms with E-state index < -0.39 is 0 Å². The molecule has 106 valence electrons. The Morgan fingerprint density at radius 3 is 3.00 bits per heavy atom. The van der Waals surface area contributed by atoms with Crippen molar-refractivity contribution in [3.63, 3.8) is 0 Å². The van der Waals surface area contributed by atoms with Crippen LogP contribution in [0.2, 0.25) is 10.0 Å². The molecule has 2 aromatic rings. The Labute approximate surface area is 130 Å². The van der Waals surface area contributed by atoms with Crippen molar-refractivity contribution in [2.45, 2.75) is 18.9 Å². The molecule has 0 bridgehead atoms. The second-order valence-electron chi connectivity index (χ2n) is 4.70. The average molecular weight is 330 g/mol. The lowest BCUT2D eigenvalue weighted by atomic mass is 10.2. The maximum absolute atomic E-state index is 12.2. The van der Waals surface area contributed by atoms with Crippen molar-refractivity contribution in [3.8, 4) is 0 Å². The van der Waals surface area contributed by atoms with Gasteiger partial charge in [0.25, 0.3) is 5.91 Å². The quantitative estimate of drug-likeness (QED) is 0.919. The number of thiophene rings is 1. The number of halogens is 2. The predicted octanol–water partition coefficient (Wildman–Crippen LogP) is 4.12. The van der Waals surface area contributed by atoms with Crippen molar-refractivity contribution < 1.29 is 9.53 Å². The van der Waals surface area contributed by atoms with E-state index >= 15 is 0 Å². The van der Waals surface area contributed by atoms with E-state index in [0.29, 0.717) is 21.5 Å². The highest BCUT2D eigenvalue weighted by Crippen LogP contribution is 2.39. The molecule has 1 aromatic heterocycles. The van der Waals surface area contributed by atoms with Crippen LogP contribution in [-0.4, -0.2) is 25.2 Å². The van der Waals surface area contributed by atoms with Gasteiger partial charge in [-0.1, -0.05) is 29.3 Å². The Kier molecular flexibility index (Phi) is 4.17. The van der Waals surface area contributed by atoms with Crippen molar-refractivity contribution in [2.24, 2.45) is 0 Å². The summed E-state index contributed by atoms with van der Waals surface area (Å²) in [5, 5.41) is 4.64. The fourth-order valence-electron chi connectivity index (χ4n) is 2.31. The molecule has 0 aliphatic carbocycles. The number of hydrogen-bond donors (Lipinski definition) is 1. The first kappa shape index (κ1) is 14.1. The Hall–Kier alpha value is -0.810. The van der Waals surface area contributed by atoms with Gasteiger partial charge in [0.1, 0.15) is 4.88 Å². The SMILES string of the molecule is O=C(NC[C@@H]1CCCO1)c1sc2cccc(Cl)c2c1Cl. The van der Waals surface area contributed by atoms with Crippen LogP contribution in [0.4, 0.5) is 0 Å². The number of hydrogen-bond acceptors (Lipinski definition) is 3. The highest BCUT2D eigenvalue weighted by Gasteiger charge is 2.21. The fraction of sp³-hybridized carbons (Fsp3) is 0.357. The van der Waals surface area contributed by atoms with E-state index in [1.54, 1.807) is 6.07 Å². The van der Waals surface area contributed by atoms with E-state index in [9.17, 15) is 4.79 Å². The largest absolute Gasteiger partial charge is 0.376 e. The second kappa shape index (κ2) is 5.90. The molecule has 6 heteroatoms. The van der Waals surface area contributed by atoms with Crippen LogP contribution >= 0.6 is 34.5 Å². The average Bonchev–Trinajstić information content (AvgIpc) is 3.05. The monoisotopic (exact) mass is 329 g/mol. The standard InChI is InChI=1S/C14H13Cl2NO2S/c15-9-4-1-5-10-11(9)12(16)13(20-10)14(18)17-7-8-3-2-6-19-8/h1,4-5,8H,2-3,6-7H2,(H,17,18)/t8-/m0/s1. The third kappa shape index (κ3) is 2.66. The summed E-state index contributed by atoms with van der Waals surface area (Å²) < 4.78 is 6.40. The molecule has 0 unspecified atom stereocenters. The van der Waals surface area contributed by atoms with Gasteiger partial charge in [0.15, 0.2) is 0 Å². The van der Waals surface area contributed by atoms with E-state index in [4.69, 9.17) is 27.9 Å². The van der Waals surface area contributed by atoms with Crippen LogP contribution in [0.1, 0.15) is 22.5 Å². The van der Waals surface area contributed by atoms with Crippen molar-refractivity contribution in [1.29, 1.82) is 0 Å². The maximum Gasteiger partial charge on any atom is 0.263 e. The van der Waals surface area contributed by atoms with Gasteiger partial charge in [0.05, 0.1) is 16.1 Å². The Bertz CT molecular complexity index is 650. The van der Waals surface area contributed by atoms with E-state index in [1.807, 2.05) is 12.1 Å². The van der Waals surface area contributed by atoms with Crippen LogP contribution < -0.4 is 5.32 Å². The van der Waals surface area contributed by atoms with Crippen LogP contribution in [0.3, 0.4) is 0 Å². The molecule has 3 nitrogen and oxygen atoms in total. The number of nitrogens with one attached hydrogen (secondary N) is 1. The molecule has 0 radical (unpaired) electrons. The van der Waals surface area contributed by atoms with Gasteiger partial charge in [-0.15, -0.1) is 11.3 Å². The molecule has 1 atom stereocenters. The predicted molar refractivity (Wildman–Crippen MR) is 83.2 cm³/mol. The molecular weight excluding hydrogens is 317 g/mol. The lowest BCUT2D eigenvalue weighted by Crippen LogP contribution is -2.31. The molecule has 2 heterocycles. The fourth-order valence-corrected chi connectivity index (χ4v) is 4.18. The minimum absolute atomic E-state index is 0.121. The molecule has 0 spiro atoms. The normalized spacial score (nSPS) is 18.6. The van der Waals surface area contributed by atoms with Gasteiger partial charge in [-0.25, -0.2) is 0 Å². The Morgan fingerprint density at radius 2 is 2.30 bits per heavy atom. The minimum Gasteiger partial charge on any atom is -0.376 e. The summed E-state index contributed by atoms with van der Waals surface area (Å²) >= 11 is 13.8. The molecule has 1 aromatic carbocycles. The molecule has 1 amide bonds. The topological polar surface area (TPSA) is 38.3 Å². The highest BCUT2D eigenvalue weighted by atomic mass is 35.5. The van der Waals surface area contributed by atoms with Crippen molar-refractivity contribution in [1.82, 2.24) is 5.32 Å². The van der Waals surface area contributed by atoms with Crippen LogP contribution in [0.25, 0.3) is 10.1 Å². The number of carbonyl (C=O) groups is 1. The number of ether oxygens (including phenoxy) is 1. The second-order valence-corrected chi connectivity index (χ2v) is 6.54. The van der Waals surface area contributed by atoms with Crippen LogP contribution in [0.15, 0.2) is 18.2 Å². The zero-order chi connectivity index (χ0) is 14.1. The number of amides is 1. The summed E-state index contributed by atoms with van der Waals surface area (Å²) in [5.41, 5.74) is 0. The van der Waals surface area contributed by atoms with Gasteiger partial charge in [-0.2, -0.15) is 0 Å². The van der Waals surface area contributed by atoms with E-state index in [2.05, 4.69) is 5.32 Å². The minimum atomic E-state index is -0.164. The molecule has 1 aliphatic rings. The molecule has 1 N–H and O–H groups in total. The molecule has 1 saturated heterocycles. The van der Waals surface area contributed by atoms with Gasteiger partial charge in [0, 0.05) is 23.2 Å². The molecular formula is C14H13Cl2NO2S. The summed E-state index contributed by atoms with van der Waals surface area (Å²) in [4.78, 5) is 12.7. The van der Waals surface area contributed by atoms with E-state index in [-0.39, 0.29) is 12.0 Å². The Morgan fingerprint density at radius 1 is 1.45 bits per heavy atom.